The van der Waals surface area contributed by atoms with Crippen LogP contribution in [0.15, 0.2) is 42.6 Å². The summed E-state index contributed by atoms with van der Waals surface area (Å²) in [4.78, 5) is 27.3. The third-order valence-electron chi connectivity index (χ3n) is 16.7. The van der Waals surface area contributed by atoms with E-state index in [0.29, 0.717) is 19.6 Å². The molecule has 0 radical (unpaired) electrons. The fourth-order valence-electron chi connectivity index (χ4n) is 14.2. The minimum Gasteiger partial charge on any atom is -0.469 e. The van der Waals surface area contributed by atoms with Crippen molar-refractivity contribution in [1.29, 1.82) is 0 Å². The number of nitrogens with zero attached hydrogens (tertiary/aromatic N) is 1. The molecule has 7 rings (SSSR count). The van der Waals surface area contributed by atoms with E-state index in [9.17, 15) is 14.7 Å². The molecule has 1 aliphatic heterocycles. The maximum atomic E-state index is 14.5. The van der Waals surface area contributed by atoms with Crippen molar-refractivity contribution >= 4 is 22.8 Å². The number of aliphatic hydroxyl groups excluding tert-OH is 1. The molecule has 4 saturated carbocycles. The molecule has 0 spiro atoms. The van der Waals surface area contributed by atoms with Crippen molar-refractivity contribution in [3.05, 3.63) is 48.2 Å². The second-order valence-electron chi connectivity index (χ2n) is 19.4. The number of allylic oxidation sites excluding steroid dienone is 1. The number of unbranched alkanes of at least 4 members (excludes halogenated alkanes) is 2. The first-order valence-corrected chi connectivity index (χ1v) is 21.1. The molecule has 54 heavy (non-hydrogen) atoms. The molecule has 1 aromatic heterocycles. The predicted molar refractivity (Wildman–Crippen MR) is 212 cm³/mol. The number of nitrogens with two attached hydrogens (primary N) is 1. The number of rotatable bonds is 12. The number of ether oxygens (including phenoxy) is 3. The molecular formula is C46H68N2O6. The zero-order valence-corrected chi connectivity index (χ0v) is 34.3. The van der Waals surface area contributed by atoms with Crippen molar-refractivity contribution in [2.75, 3.05) is 20.3 Å². The van der Waals surface area contributed by atoms with Crippen LogP contribution in [0, 0.1) is 51.2 Å². The molecule has 4 aliphatic carbocycles. The number of aromatic nitrogens is 1. The van der Waals surface area contributed by atoms with Crippen LogP contribution in [-0.4, -0.2) is 59.7 Å². The number of benzene rings is 1. The molecule has 2 unspecified atom stereocenters. The van der Waals surface area contributed by atoms with Gasteiger partial charge in [0.25, 0.3) is 0 Å². The Morgan fingerprint density at radius 2 is 1.78 bits per heavy atom. The van der Waals surface area contributed by atoms with E-state index >= 15 is 0 Å². The van der Waals surface area contributed by atoms with Crippen molar-refractivity contribution in [1.82, 2.24) is 4.57 Å². The van der Waals surface area contributed by atoms with Crippen molar-refractivity contribution in [2.45, 2.75) is 143 Å². The Morgan fingerprint density at radius 3 is 2.50 bits per heavy atom. The first-order valence-electron chi connectivity index (χ1n) is 21.1. The van der Waals surface area contributed by atoms with Gasteiger partial charge in [-0.25, -0.2) is 0 Å². The maximum absolute atomic E-state index is 14.5. The highest BCUT2D eigenvalue weighted by Crippen LogP contribution is 2.77. The van der Waals surface area contributed by atoms with E-state index < -0.39 is 22.5 Å². The second-order valence-corrected chi connectivity index (χ2v) is 19.4. The third kappa shape index (κ3) is 5.93. The van der Waals surface area contributed by atoms with Crippen LogP contribution in [0.25, 0.3) is 10.9 Å². The van der Waals surface area contributed by atoms with E-state index in [-0.39, 0.29) is 64.9 Å². The molecule has 8 heteroatoms. The van der Waals surface area contributed by atoms with Crippen molar-refractivity contribution < 1.29 is 28.9 Å². The van der Waals surface area contributed by atoms with Gasteiger partial charge in [0, 0.05) is 29.1 Å². The maximum Gasteiger partial charge on any atom is 0.312 e. The summed E-state index contributed by atoms with van der Waals surface area (Å²) in [6.45, 7) is 20.2. The highest BCUT2D eigenvalue weighted by molar-refractivity contribution is 5.84. The Kier molecular flexibility index (Phi) is 10.5. The van der Waals surface area contributed by atoms with Crippen LogP contribution in [0.3, 0.4) is 0 Å². The van der Waals surface area contributed by atoms with Crippen molar-refractivity contribution in [3.8, 4) is 0 Å². The van der Waals surface area contributed by atoms with E-state index in [1.807, 2.05) is 0 Å². The van der Waals surface area contributed by atoms with E-state index in [2.05, 4.69) is 83.2 Å². The number of carbonyl (C=O) groups is 2. The summed E-state index contributed by atoms with van der Waals surface area (Å²) in [5, 5.41) is 13.8. The summed E-state index contributed by atoms with van der Waals surface area (Å²) in [7, 11) is 1.44. The van der Waals surface area contributed by atoms with Crippen LogP contribution in [0.1, 0.15) is 118 Å². The molecule has 1 aromatic carbocycles. The highest BCUT2D eigenvalue weighted by atomic mass is 16.5. The quantitative estimate of drug-likeness (QED) is 0.128. The van der Waals surface area contributed by atoms with Gasteiger partial charge in [-0.3, -0.25) is 9.59 Å². The summed E-state index contributed by atoms with van der Waals surface area (Å²) < 4.78 is 20.6. The molecule has 0 amide bonds. The van der Waals surface area contributed by atoms with Crippen LogP contribution >= 0.6 is 0 Å². The van der Waals surface area contributed by atoms with E-state index in [1.54, 1.807) is 0 Å². The van der Waals surface area contributed by atoms with Gasteiger partial charge in [-0.1, -0.05) is 51.1 Å². The molecule has 2 heterocycles. The monoisotopic (exact) mass is 745 g/mol. The molecule has 3 N–H and O–H groups in total. The van der Waals surface area contributed by atoms with E-state index in [0.717, 1.165) is 76.3 Å². The molecular weight excluding hydrogens is 677 g/mol. The number of hydrogen-bond donors (Lipinski definition) is 2. The van der Waals surface area contributed by atoms with Crippen LogP contribution in [-0.2, 0) is 36.8 Å². The summed E-state index contributed by atoms with van der Waals surface area (Å²) in [5.41, 5.74) is 7.95. The second kappa shape index (κ2) is 14.4. The van der Waals surface area contributed by atoms with Gasteiger partial charge in [-0.05, 0) is 150 Å². The van der Waals surface area contributed by atoms with Crippen molar-refractivity contribution in [3.63, 3.8) is 0 Å². The Morgan fingerprint density at radius 1 is 1.02 bits per heavy atom. The lowest BCUT2D eigenvalue weighted by atomic mass is 9.33. The average molecular weight is 745 g/mol. The number of para-hydroxylation sites is 1. The molecule has 0 bridgehead atoms. The Bertz CT molecular complexity index is 1750. The smallest absolute Gasteiger partial charge is 0.312 e. The molecule has 11 atom stereocenters. The highest BCUT2D eigenvalue weighted by Gasteiger charge is 2.76. The molecule has 298 valence electrons. The van der Waals surface area contributed by atoms with Gasteiger partial charge in [0.2, 0.25) is 0 Å². The first kappa shape index (κ1) is 39.6. The normalized spacial score (nSPS) is 39.3. The van der Waals surface area contributed by atoms with Crippen LogP contribution in [0.4, 0.5) is 0 Å². The molecule has 5 aliphatic rings. The van der Waals surface area contributed by atoms with Gasteiger partial charge in [0.1, 0.15) is 0 Å². The minimum absolute atomic E-state index is 0.0253. The molecule has 5 fully saturated rings. The summed E-state index contributed by atoms with van der Waals surface area (Å²) in [5.74, 6) is 0.367. The van der Waals surface area contributed by atoms with Gasteiger partial charge < -0.3 is 29.6 Å². The number of esters is 2. The summed E-state index contributed by atoms with van der Waals surface area (Å²) in [6.07, 6.45) is 11.4. The van der Waals surface area contributed by atoms with Gasteiger partial charge in [0.05, 0.1) is 43.4 Å². The first-order chi connectivity index (χ1) is 25.6. The van der Waals surface area contributed by atoms with Crippen LogP contribution in [0.5, 0.6) is 0 Å². The Hall–Kier alpha value is -2.68. The number of carbonyl (C=O) groups excluding carboxylic acids is 2. The fourth-order valence-corrected chi connectivity index (χ4v) is 14.2. The number of methoxy groups -OCH3 is 1. The third-order valence-corrected chi connectivity index (χ3v) is 16.7. The predicted octanol–water partition coefficient (Wildman–Crippen LogP) is 8.40. The molecule has 8 nitrogen and oxygen atoms in total. The lowest BCUT2D eigenvalue weighted by Crippen LogP contribution is -2.69. The number of fused-ring (bicyclic) bond motifs is 8. The van der Waals surface area contributed by atoms with Gasteiger partial charge in [-0.2, -0.15) is 0 Å². The Labute approximate surface area is 323 Å². The average Bonchev–Trinajstić information content (AvgIpc) is 3.75. The topological polar surface area (TPSA) is 113 Å². The number of aliphatic hydroxyl groups is 1. The number of aryl methyl sites for hydroxylation is 1. The fraction of sp³-hybridized carbons (Fsp3) is 0.739. The van der Waals surface area contributed by atoms with E-state index in [1.165, 1.54) is 23.6 Å². The Balaban J connectivity index is 1.08. The molecule has 2 aromatic rings. The van der Waals surface area contributed by atoms with Gasteiger partial charge >= 0.3 is 11.9 Å². The van der Waals surface area contributed by atoms with Crippen LogP contribution in [0.2, 0.25) is 0 Å². The minimum atomic E-state index is -0.569. The zero-order valence-electron chi connectivity index (χ0n) is 34.3. The van der Waals surface area contributed by atoms with E-state index in [4.69, 9.17) is 19.9 Å². The van der Waals surface area contributed by atoms with Crippen molar-refractivity contribution in [2.24, 2.45) is 57.0 Å². The van der Waals surface area contributed by atoms with Gasteiger partial charge in [0.15, 0.2) is 0 Å². The lowest BCUT2D eigenvalue weighted by Gasteiger charge is -2.71. The molecule has 1 saturated heterocycles. The van der Waals surface area contributed by atoms with Crippen LogP contribution < -0.4 is 5.73 Å². The summed E-state index contributed by atoms with van der Waals surface area (Å²) >= 11 is 0. The summed E-state index contributed by atoms with van der Waals surface area (Å²) in [6, 6.07) is 8.56. The van der Waals surface area contributed by atoms with Gasteiger partial charge in [-0.15, -0.1) is 0 Å². The zero-order chi connectivity index (χ0) is 38.8. The SMILES string of the molecule is C=C(C)[C@@H]1CC[C@]2(C(=O)OCCCCCn3cc(CCN)c4ccccc43)CC[C@]3(C)[C@H](C[C@@H](O)[C@@H]4[C@@]5(C)C(CC(=O)OC)OC(C)(C)C5CC[C@]43C)[C@@H]12. The lowest BCUT2D eigenvalue weighted by molar-refractivity contribution is -0.255. The standard InChI is InChI=1S/C46H68N2O6/c1-29(2)31-16-20-46(41(51)53-25-13-9-12-24-48-28-30(18-23-47)32-14-10-11-15-34(32)48)22-21-43(5)33(39(31)46)26-35(49)40-44(43,6)19-17-36-42(3,4)54-37(45(36,40)7)27-38(50)52-8/h10-11,14-15,28,31,33,35-37,39-40,49H,1,9,12-13,16-27,47H2,2-8H3/t31-,33+,35+,36?,37?,39+,40-,43+,44+,45+,46-/m0/s1. The number of hydrogen-bond acceptors (Lipinski definition) is 7. The largest absolute Gasteiger partial charge is 0.469 e.